The first-order valence-corrected chi connectivity index (χ1v) is 6.21. The van der Waals surface area contributed by atoms with Crippen molar-refractivity contribution in [2.24, 2.45) is 0 Å². The lowest BCUT2D eigenvalue weighted by Crippen LogP contribution is -2.04. The van der Waals surface area contributed by atoms with Crippen LogP contribution in [0.15, 0.2) is 29.0 Å². The van der Waals surface area contributed by atoms with Gasteiger partial charge in [-0.05, 0) is 23.3 Å². The molecule has 1 atom stereocenters. The molecule has 0 fully saturated rings. The summed E-state index contributed by atoms with van der Waals surface area (Å²) in [5.41, 5.74) is 0. The van der Waals surface area contributed by atoms with Crippen molar-refractivity contribution >= 4 is 45.7 Å². The van der Waals surface area contributed by atoms with Crippen LogP contribution >= 0.6 is 45.7 Å². The second kappa shape index (κ2) is 3.11. The molecule has 2 rings (SSSR count). The summed E-state index contributed by atoms with van der Waals surface area (Å²) in [6, 6.07) is 4.34. The molecule has 0 aromatic carbocycles. The zero-order chi connectivity index (χ0) is 7.73. The minimum Gasteiger partial charge on any atom is -0.147 e. The number of halogens is 1. The Morgan fingerprint density at radius 2 is 2.45 bits per heavy atom. The molecule has 1 aromatic rings. The molecule has 0 N–H and O–H groups in total. The van der Waals surface area contributed by atoms with Crippen LogP contribution in [0.3, 0.4) is 0 Å². The summed E-state index contributed by atoms with van der Waals surface area (Å²) in [7, 11) is 0. The fourth-order valence-corrected chi connectivity index (χ4v) is 4.10. The summed E-state index contributed by atoms with van der Waals surface area (Å²) in [6.07, 6.45) is 3.41. The summed E-state index contributed by atoms with van der Waals surface area (Å²) >= 11 is 6.31. The molecule has 0 radical (unpaired) electrons. The van der Waals surface area contributed by atoms with Crippen molar-refractivity contribution in [2.45, 2.75) is 9.17 Å². The lowest BCUT2D eigenvalue weighted by atomic mass is 10.2. The number of thiophene rings is 1. The van der Waals surface area contributed by atoms with Crippen molar-refractivity contribution in [1.29, 1.82) is 0 Å². The molecule has 2 heterocycles. The Balaban J connectivity index is 2.29. The maximum atomic E-state index is 2.54. The molecule has 0 saturated carbocycles. The van der Waals surface area contributed by atoms with Crippen LogP contribution in [-0.2, 0) is 2.75 Å². The van der Waals surface area contributed by atoms with Gasteiger partial charge in [-0.25, -0.2) is 0 Å². The maximum absolute atomic E-state index is 2.54. The number of alkyl halides is 1. The predicted molar refractivity (Wildman–Crippen MR) is 61.4 cm³/mol. The largest absolute Gasteiger partial charge is 0.147 e. The Morgan fingerprint density at radius 1 is 1.55 bits per heavy atom. The summed E-state index contributed by atoms with van der Waals surface area (Å²) in [5, 5.41) is 4.35. The highest BCUT2D eigenvalue weighted by atomic mass is 127. The molecule has 1 aliphatic rings. The normalized spacial score (nSPS) is 29.5. The lowest BCUT2D eigenvalue weighted by Gasteiger charge is -2.17. The second-order valence-corrected chi connectivity index (χ2v) is 7.13. The number of thioether (sulfide) groups is 1. The van der Waals surface area contributed by atoms with Crippen LogP contribution in [0.4, 0.5) is 0 Å². The number of allylic oxidation sites excluding steroid dienone is 1. The first-order chi connectivity index (χ1) is 5.31. The van der Waals surface area contributed by atoms with Crippen molar-refractivity contribution in [1.82, 2.24) is 0 Å². The fourth-order valence-electron chi connectivity index (χ4n) is 1.05. The van der Waals surface area contributed by atoms with Gasteiger partial charge < -0.3 is 0 Å². The van der Waals surface area contributed by atoms with Crippen LogP contribution in [0.5, 0.6) is 0 Å². The minimum atomic E-state index is 0.311. The van der Waals surface area contributed by atoms with E-state index in [0.717, 1.165) is 0 Å². The number of hydrogen-bond donors (Lipinski definition) is 0. The average molecular weight is 294 g/mol. The quantitative estimate of drug-likeness (QED) is 0.557. The Labute approximate surface area is 88.2 Å². The Bertz CT molecular complexity index is 256. The van der Waals surface area contributed by atoms with Gasteiger partial charge in [-0.3, -0.25) is 0 Å². The summed E-state index contributed by atoms with van der Waals surface area (Å²) < 4.78 is 0.311. The molecule has 1 unspecified atom stereocenters. The van der Waals surface area contributed by atoms with Crippen LogP contribution in [0.2, 0.25) is 0 Å². The van der Waals surface area contributed by atoms with E-state index >= 15 is 0 Å². The molecule has 3 heteroatoms. The Morgan fingerprint density at radius 3 is 3.00 bits per heavy atom. The van der Waals surface area contributed by atoms with E-state index in [0.29, 0.717) is 2.75 Å². The van der Waals surface area contributed by atoms with E-state index in [-0.39, 0.29) is 0 Å². The molecule has 58 valence electrons. The topological polar surface area (TPSA) is 0 Å². The monoisotopic (exact) mass is 294 g/mol. The van der Waals surface area contributed by atoms with E-state index in [2.05, 4.69) is 51.6 Å². The summed E-state index contributed by atoms with van der Waals surface area (Å²) in [4.78, 5) is 1.48. The molecular weight excluding hydrogens is 287 g/mol. The van der Waals surface area contributed by atoms with Gasteiger partial charge in [0.2, 0.25) is 0 Å². The maximum Gasteiger partial charge on any atom is 0.109 e. The molecule has 0 bridgehead atoms. The predicted octanol–water partition coefficient (Wildman–Crippen LogP) is 3.99. The van der Waals surface area contributed by atoms with E-state index in [1.165, 1.54) is 11.3 Å². The molecule has 0 saturated heterocycles. The van der Waals surface area contributed by atoms with Crippen molar-refractivity contribution in [3.05, 3.63) is 33.9 Å². The van der Waals surface area contributed by atoms with E-state index in [1.54, 1.807) is 0 Å². The highest BCUT2D eigenvalue weighted by Crippen LogP contribution is 2.52. The van der Waals surface area contributed by atoms with Gasteiger partial charge in [0.25, 0.3) is 0 Å². The lowest BCUT2D eigenvalue weighted by molar-refractivity contribution is 0.981. The summed E-state index contributed by atoms with van der Waals surface area (Å²) in [5.74, 6) is 0. The van der Waals surface area contributed by atoms with Gasteiger partial charge in [-0.15, -0.1) is 23.1 Å². The van der Waals surface area contributed by atoms with Crippen molar-refractivity contribution in [3.63, 3.8) is 0 Å². The summed E-state index contributed by atoms with van der Waals surface area (Å²) in [6.45, 7) is 0. The van der Waals surface area contributed by atoms with Crippen LogP contribution < -0.4 is 0 Å². The van der Waals surface area contributed by atoms with Gasteiger partial charge in [0.1, 0.15) is 2.75 Å². The molecule has 1 aliphatic heterocycles. The molecule has 0 nitrogen and oxygen atoms in total. The number of hydrogen-bond acceptors (Lipinski definition) is 2. The Kier molecular flexibility index (Phi) is 2.30. The van der Waals surface area contributed by atoms with Crippen LogP contribution in [0.25, 0.3) is 0 Å². The third-order valence-electron chi connectivity index (χ3n) is 1.62. The standard InChI is InChI=1S/C8H7IS2/c9-8(4-2-6-11-8)7-3-1-5-10-7/h1-3,5-6H,4H2. The smallest absolute Gasteiger partial charge is 0.109 e. The number of rotatable bonds is 1. The van der Waals surface area contributed by atoms with Crippen molar-refractivity contribution in [3.8, 4) is 0 Å². The zero-order valence-electron chi connectivity index (χ0n) is 5.79. The van der Waals surface area contributed by atoms with Gasteiger partial charge in [-0.2, -0.15) is 0 Å². The molecule has 11 heavy (non-hydrogen) atoms. The van der Waals surface area contributed by atoms with Gasteiger partial charge >= 0.3 is 0 Å². The van der Waals surface area contributed by atoms with Crippen molar-refractivity contribution < 1.29 is 0 Å². The highest BCUT2D eigenvalue weighted by Gasteiger charge is 2.31. The van der Waals surface area contributed by atoms with Crippen LogP contribution in [-0.4, -0.2) is 0 Å². The van der Waals surface area contributed by atoms with Gasteiger partial charge in [0.15, 0.2) is 0 Å². The third-order valence-corrected chi connectivity index (χ3v) is 6.02. The fraction of sp³-hybridized carbons (Fsp3) is 0.250. The first-order valence-electron chi connectivity index (χ1n) is 3.37. The molecule has 0 amide bonds. The first kappa shape index (κ1) is 8.13. The highest BCUT2D eigenvalue weighted by molar-refractivity contribution is 14.1. The van der Waals surface area contributed by atoms with E-state index in [9.17, 15) is 0 Å². The molecule has 0 spiro atoms. The van der Waals surface area contributed by atoms with E-state index in [4.69, 9.17) is 0 Å². The van der Waals surface area contributed by atoms with Crippen LogP contribution in [0.1, 0.15) is 11.3 Å². The van der Waals surface area contributed by atoms with E-state index < -0.39 is 0 Å². The van der Waals surface area contributed by atoms with Gasteiger partial charge in [0.05, 0.1) is 0 Å². The van der Waals surface area contributed by atoms with E-state index in [1.807, 2.05) is 23.1 Å². The zero-order valence-corrected chi connectivity index (χ0v) is 9.58. The second-order valence-electron chi connectivity index (χ2n) is 2.40. The Hall–Kier alpha value is 0.520. The van der Waals surface area contributed by atoms with Gasteiger partial charge in [-0.1, -0.05) is 34.7 Å². The molecule has 1 aromatic heterocycles. The van der Waals surface area contributed by atoms with Gasteiger partial charge in [0, 0.05) is 4.88 Å². The average Bonchev–Trinajstić information content (AvgIpc) is 2.55. The molecular formula is C8H7IS2. The van der Waals surface area contributed by atoms with Crippen LogP contribution in [0, 0.1) is 0 Å². The third kappa shape index (κ3) is 1.51. The van der Waals surface area contributed by atoms with Crippen molar-refractivity contribution in [2.75, 3.05) is 0 Å². The minimum absolute atomic E-state index is 0.311. The SMILES string of the molecule is IC1(c2cccs2)CC=CS1. The molecule has 0 aliphatic carbocycles.